The first-order chi connectivity index (χ1) is 14.4. The van der Waals surface area contributed by atoms with Crippen LogP contribution in [0.15, 0.2) is 47.4 Å². The number of anilines is 1. The fourth-order valence-corrected chi connectivity index (χ4v) is 5.14. The molecule has 2 aromatic carbocycles. The summed E-state index contributed by atoms with van der Waals surface area (Å²) in [6, 6.07) is 11.8. The molecule has 0 bridgehead atoms. The van der Waals surface area contributed by atoms with Crippen molar-refractivity contribution in [2.75, 3.05) is 31.6 Å². The van der Waals surface area contributed by atoms with Crippen LogP contribution >= 0.6 is 0 Å². The molecule has 0 radical (unpaired) electrons. The zero-order valence-electron chi connectivity index (χ0n) is 17.0. The lowest BCUT2D eigenvalue weighted by atomic mass is 10.0. The van der Waals surface area contributed by atoms with Crippen molar-refractivity contribution in [2.24, 2.45) is 5.92 Å². The van der Waals surface area contributed by atoms with Crippen molar-refractivity contribution in [3.63, 3.8) is 0 Å². The number of hydrogen-bond donors (Lipinski definition) is 1. The van der Waals surface area contributed by atoms with Crippen molar-refractivity contribution in [1.82, 2.24) is 4.31 Å². The van der Waals surface area contributed by atoms with Crippen molar-refractivity contribution in [2.45, 2.75) is 31.1 Å². The molecule has 8 heteroatoms. The Bertz CT molecular complexity index is 1010. The highest BCUT2D eigenvalue weighted by Crippen LogP contribution is 2.31. The maximum atomic E-state index is 12.8. The Labute approximate surface area is 177 Å². The number of hydrogen-bond acceptors (Lipinski definition) is 5. The van der Waals surface area contributed by atoms with Gasteiger partial charge in [-0.15, -0.1) is 0 Å². The standard InChI is InChI=1S/C22H26N2O5S/c1-16-8-10-24(11-9-16)30(26,27)19-5-3-18(4-6-19)23-22(25)15-17-2-7-20-21(14-17)29-13-12-28-20/h2-7,14,16H,8-13,15H2,1H3,(H,23,25). The molecule has 1 N–H and O–H groups in total. The molecule has 2 heterocycles. The number of nitrogens with zero attached hydrogens (tertiary/aromatic N) is 1. The van der Waals surface area contributed by atoms with E-state index >= 15 is 0 Å². The molecule has 0 unspecified atom stereocenters. The normalized spacial score (nSPS) is 17.5. The van der Waals surface area contributed by atoms with Gasteiger partial charge in [0, 0.05) is 18.8 Å². The van der Waals surface area contributed by atoms with E-state index in [4.69, 9.17) is 9.47 Å². The van der Waals surface area contributed by atoms with Gasteiger partial charge in [0.1, 0.15) is 13.2 Å². The molecule has 0 saturated carbocycles. The topological polar surface area (TPSA) is 84.9 Å². The number of benzene rings is 2. The molecule has 0 aliphatic carbocycles. The summed E-state index contributed by atoms with van der Waals surface area (Å²) in [4.78, 5) is 12.7. The van der Waals surface area contributed by atoms with Crippen molar-refractivity contribution in [3.8, 4) is 11.5 Å². The summed E-state index contributed by atoms with van der Waals surface area (Å²) in [5, 5.41) is 2.82. The monoisotopic (exact) mass is 430 g/mol. The summed E-state index contributed by atoms with van der Waals surface area (Å²) < 4.78 is 38.2. The van der Waals surface area contributed by atoms with Crippen LogP contribution in [0.4, 0.5) is 5.69 Å². The maximum Gasteiger partial charge on any atom is 0.243 e. The Hall–Kier alpha value is -2.58. The van der Waals surface area contributed by atoms with Crippen LogP contribution in [-0.2, 0) is 21.2 Å². The molecule has 2 aliphatic heterocycles. The van der Waals surface area contributed by atoms with Crippen molar-refractivity contribution >= 4 is 21.6 Å². The average molecular weight is 431 g/mol. The molecule has 1 amide bonds. The van der Waals surface area contributed by atoms with Crippen LogP contribution in [0.2, 0.25) is 0 Å². The number of ether oxygens (including phenoxy) is 2. The molecule has 160 valence electrons. The number of sulfonamides is 1. The number of carbonyl (C=O) groups excluding carboxylic acids is 1. The molecular weight excluding hydrogens is 404 g/mol. The van der Waals surface area contributed by atoms with Gasteiger partial charge in [-0.25, -0.2) is 8.42 Å². The van der Waals surface area contributed by atoms with Crippen LogP contribution in [0.1, 0.15) is 25.3 Å². The fraction of sp³-hybridized carbons (Fsp3) is 0.409. The van der Waals surface area contributed by atoms with Crippen LogP contribution < -0.4 is 14.8 Å². The lowest BCUT2D eigenvalue weighted by molar-refractivity contribution is -0.115. The Kier molecular flexibility index (Phi) is 5.97. The van der Waals surface area contributed by atoms with E-state index in [2.05, 4.69) is 12.2 Å². The highest BCUT2D eigenvalue weighted by atomic mass is 32.2. The molecular formula is C22H26N2O5S. The van der Waals surface area contributed by atoms with Crippen molar-refractivity contribution < 1.29 is 22.7 Å². The van der Waals surface area contributed by atoms with E-state index in [1.165, 1.54) is 0 Å². The molecule has 30 heavy (non-hydrogen) atoms. The van der Waals surface area contributed by atoms with Crippen molar-refractivity contribution in [3.05, 3.63) is 48.0 Å². The number of fused-ring (bicyclic) bond motifs is 1. The average Bonchev–Trinajstić information content (AvgIpc) is 2.74. The molecule has 2 aliphatic rings. The lowest BCUT2D eigenvalue weighted by Gasteiger charge is -2.29. The van der Waals surface area contributed by atoms with E-state index in [0.29, 0.717) is 49.4 Å². The Morgan fingerprint density at radius 1 is 1.03 bits per heavy atom. The van der Waals surface area contributed by atoms with E-state index in [1.54, 1.807) is 34.6 Å². The summed E-state index contributed by atoms with van der Waals surface area (Å²) in [6.07, 6.45) is 1.95. The molecule has 0 atom stereocenters. The number of nitrogens with one attached hydrogen (secondary N) is 1. The maximum absolute atomic E-state index is 12.8. The van der Waals surface area contributed by atoms with Crippen LogP contribution in [0.25, 0.3) is 0 Å². The number of amides is 1. The molecule has 0 aromatic heterocycles. The highest BCUT2D eigenvalue weighted by molar-refractivity contribution is 7.89. The van der Waals surface area contributed by atoms with Crippen molar-refractivity contribution in [1.29, 1.82) is 0 Å². The first-order valence-corrected chi connectivity index (χ1v) is 11.6. The highest BCUT2D eigenvalue weighted by Gasteiger charge is 2.27. The van der Waals surface area contributed by atoms with Gasteiger partial charge in [0.2, 0.25) is 15.9 Å². The number of piperidine rings is 1. The molecule has 1 fully saturated rings. The van der Waals surface area contributed by atoms with Gasteiger partial charge in [0.15, 0.2) is 11.5 Å². The lowest BCUT2D eigenvalue weighted by Crippen LogP contribution is -2.37. The summed E-state index contributed by atoms with van der Waals surface area (Å²) >= 11 is 0. The van der Waals surface area contributed by atoms with E-state index < -0.39 is 10.0 Å². The number of rotatable bonds is 5. The summed E-state index contributed by atoms with van der Waals surface area (Å²) in [6.45, 7) is 4.27. The minimum atomic E-state index is -3.49. The smallest absolute Gasteiger partial charge is 0.243 e. The third kappa shape index (κ3) is 4.60. The fourth-order valence-electron chi connectivity index (χ4n) is 3.67. The molecule has 2 aromatic rings. The quantitative estimate of drug-likeness (QED) is 0.788. The van der Waals surface area contributed by atoms with Crippen LogP contribution in [0, 0.1) is 5.92 Å². The van der Waals surface area contributed by atoms with Gasteiger partial charge < -0.3 is 14.8 Å². The van der Waals surface area contributed by atoms with Gasteiger partial charge in [-0.1, -0.05) is 13.0 Å². The van der Waals surface area contributed by atoms with Gasteiger partial charge in [-0.2, -0.15) is 4.31 Å². The zero-order valence-corrected chi connectivity index (χ0v) is 17.8. The van der Waals surface area contributed by atoms with Crippen LogP contribution in [-0.4, -0.2) is 44.9 Å². The first kappa shape index (κ1) is 20.7. The van der Waals surface area contributed by atoms with Gasteiger partial charge >= 0.3 is 0 Å². The predicted octanol–water partition coefficient (Wildman–Crippen LogP) is 3.06. The third-order valence-electron chi connectivity index (χ3n) is 5.49. The van der Waals surface area contributed by atoms with Crippen LogP contribution in [0.3, 0.4) is 0 Å². The minimum Gasteiger partial charge on any atom is -0.486 e. The summed E-state index contributed by atoms with van der Waals surface area (Å²) in [5.41, 5.74) is 1.37. The molecule has 1 saturated heterocycles. The van der Waals surface area contributed by atoms with E-state index in [9.17, 15) is 13.2 Å². The first-order valence-electron chi connectivity index (χ1n) is 10.2. The van der Waals surface area contributed by atoms with Gasteiger partial charge in [0.25, 0.3) is 0 Å². The Morgan fingerprint density at radius 3 is 2.40 bits per heavy atom. The Balaban J connectivity index is 1.38. The van der Waals surface area contributed by atoms with E-state index in [-0.39, 0.29) is 17.2 Å². The number of carbonyl (C=O) groups is 1. The largest absolute Gasteiger partial charge is 0.486 e. The summed E-state index contributed by atoms with van der Waals surface area (Å²) in [5.74, 6) is 1.70. The van der Waals surface area contributed by atoms with E-state index in [1.807, 2.05) is 12.1 Å². The second-order valence-corrected chi connectivity index (χ2v) is 9.75. The van der Waals surface area contributed by atoms with Gasteiger partial charge in [0.05, 0.1) is 11.3 Å². The predicted molar refractivity (Wildman–Crippen MR) is 113 cm³/mol. The molecule has 7 nitrogen and oxygen atoms in total. The Morgan fingerprint density at radius 2 is 1.70 bits per heavy atom. The second kappa shape index (κ2) is 8.65. The second-order valence-electron chi connectivity index (χ2n) is 7.81. The van der Waals surface area contributed by atoms with Gasteiger partial charge in [-0.05, 0) is 60.7 Å². The van der Waals surface area contributed by atoms with E-state index in [0.717, 1.165) is 18.4 Å². The molecule has 4 rings (SSSR count). The van der Waals surface area contributed by atoms with Gasteiger partial charge in [-0.3, -0.25) is 4.79 Å². The minimum absolute atomic E-state index is 0.183. The molecule has 0 spiro atoms. The zero-order chi connectivity index (χ0) is 21.1. The third-order valence-corrected chi connectivity index (χ3v) is 7.40. The SMILES string of the molecule is CC1CCN(S(=O)(=O)c2ccc(NC(=O)Cc3ccc4c(c3)OCCO4)cc2)CC1. The summed E-state index contributed by atoms with van der Waals surface area (Å²) in [7, 11) is -3.49. The van der Waals surface area contributed by atoms with Crippen LogP contribution in [0.5, 0.6) is 11.5 Å².